The highest BCUT2D eigenvalue weighted by Crippen LogP contribution is 2.25. The topological polar surface area (TPSA) is 64.2 Å². The zero-order valence-corrected chi connectivity index (χ0v) is 15.9. The molecule has 0 spiro atoms. The summed E-state index contributed by atoms with van der Waals surface area (Å²) in [6, 6.07) is 8.62. The second-order valence-corrected chi connectivity index (χ2v) is 6.89. The fourth-order valence-corrected chi connectivity index (χ4v) is 3.51. The Morgan fingerprint density at radius 2 is 1.96 bits per heavy atom. The van der Waals surface area contributed by atoms with Crippen molar-refractivity contribution >= 4 is 40.4 Å². The van der Waals surface area contributed by atoms with Crippen molar-refractivity contribution in [3.05, 3.63) is 82.2 Å². The quantitative estimate of drug-likeness (QED) is 0.551. The minimum atomic E-state index is -0.363. The van der Waals surface area contributed by atoms with E-state index < -0.39 is 0 Å². The number of rotatable bonds is 4. The summed E-state index contributed by atoms with van der Waals surface area (Å²) in [5.41, 5.74) is 3.60. The maximum Gasteiger partial charge on any atom is 0.258 e. The molecule has 27 heavy (non-hydrogen) atoms. The Morgan fingerprint density at radius 3 is 2.67 bits per heavy atom. The van der Waals surface area contributed by atoms with E-state index in [9.17, 15) is 4.79 Å². The van der Waals surface area contributed by atoms with Gasteiger partial charge in [-0.15, -0.1) is 0 Å². The normalized spacial score (nSPS) is 11.1. The zero-order chi connectivity index (χ0) is 19.0. The lowest BCUT2D eigenvalue weighted by Crippen LogP contribution is -2.13. The lowest BCUT2D eigenvalue weighted by Gasteiger charge is -2.10. The van der Waals surface area contributed by atoms with E-state index in [4.69, 9.17) is 23.2 Å². The third-order valence-corrected chi connectivity index (χ3v) is 4.89. The summed E-state index contributed by atoms with van der Waals surface area (Å²) in [6.45, 7) is 2.59. The Kier molecular flexibility index (Phi) is 4.59. The molecule has 3 aromatic heterocycles. The number of hydrogen-bond donors (Lipinski definition) is 1. The van der Waals surface area contributed by atoms with Gasteiger partial charge < -0.3 is 9.88 Å². The first-order valence-corrected chi connectivity index (χ1v) is 8.97. The first kappa shape index (κ1) is 17.6. The van der Waals surface area contributed by atoms with Gasteiger partial charge in [0.25, 0.3) is 5.91 Å². The van der Waals surface area contributed by atoms with Crippen LogP contribution in [0.3, 0.4) is 0 Å². The lowest BCUT2D eigenvalue weighted by molar-refractivity contribution is 0.102. The second kappa shape index (κ2) is 7.06. The average Bonchev–Trinajstić information content (AvgIpc) is 3.24. The third kappa shape index (κ3) is 3.41. The van der Waals surface area contributed by atoms with Gasteiger partial charge in [-0.2, -0.15) is 0 Å². The highest BCUT2D eigenvalue weighted by molar-refractivity contribution is 6.40. The van der Waals surface area contributed by atoms with E-state index in [-0.39, 0.29) is 11.5 Å². The van der Waals surface area contributed by atoms with Crippen LogP contribution in [0.25, 0.3) is 5.65 Å². The van der Waals surface area contributed by atoms with Gasteiger partial charge in [0.1, 0.15) is 5.65 Å². The minimum absolute atomic E-state index is 0.251. The van der Waals surface area contributed by atoms with E-state index in [0.717, 1.165) is 17.0 Å². The molecule has 0 radical (unpaired) electrons. The van der Waals surface area contributed by atoms with E-state index in [0.29, 0.717) is 22.3 Å². The molecule has 3 heterocycles. The molecule has 0 saturated carbocycles. The molecule has 1 aromatic carbocycles. The molecule has 0 atom stereocenters. The van der Waals surface area contributed by atoms with Crippen LogP contribution >= 0.6 is 23.2 Å². The van der Waals surface area contributed by atoms with Crippen LogP contribution < -0.4 is 5.32 Å². The van der Waals surface area contributed by atoms with E-state index >= 15 is 0 Å². The van der Waals surface area contributed by atoms with Gasteiger partial charge in [-0.25, -0.2) is 9.97 Å². The van der Waals surface area contributed by atoms with Crippen LogP contribution in [0, 0.1) is 6.92 Å². The van der Waals surface area contributed by atoms with Gasteiger partial charge >= 0.3 is 0 Å². The number of nitrogens with zero attached hydrogens (tertiary/aromatic N) is 4. The molecule has 8 heteroatoms. The van der Waals surface area contributed by atoms with Crippen molar-refractivity contribution in [1.29, 1.82) is 0 Å². The predicted octanol–water partition coefficient (Wildman–Crippen LogP) is 4.45. The van der Waals surface area contributed by atoms with Crippen molar-refractivity contribution in [3.8, 4) is 0 Å². The number of benzene rings is 1. The van der Waals surface area contributed by atoms with Crippen LogP contribution in [-0.4, -0.2) is 24.8 Å². The first-order chi connectivity index (χ1) is 13.0. The molecule has 4 aromatic rings. The highest BCUT2D eigenvalue weighted by Gasteiger charge is 2.16. The lowest BCUT2D eigenvalue weighted by atomic mass is 10.2. The van der Waals surface area contributed by atoms with Gasteiger partial charge in [0.2, 0.25) is 0 Å². The number of nitrogens with one attached hydrogen (secondary N) is 1. The number of aromatic nitrogens is 4. The van der Waals surface area contributed by atoms with Crippen LogP contribution in [0.2, 0.25) is 10.0 Å². The largest absolute Gasteiger partial charge is 0.331 e. The number of halogens is 2. The number of aryl methyl sites for hydroxylation is 1. The number of imidazole rings is 2. The van der Waals surface area contributed by atoms with Crippen LogP contribution in [0.4, 0.5) is 5.69 Å². The number of fused-ring (bicyclic) bond motifs is 1. The zero-order valence-electron chi connectivity index (χ0n) is 14.4. The molecule has 0 unspecified atom stereocenters. The molecule has 0 aliphatic carbocycles. The number of pyridine rings is 1. The number of carbonyl (C=O) groups is 1. The van der Waals surface area contributed by atoms with Gasteiger partial charge in [-0.1, -0.05) is 29.3 Å². The molecule has 0 bridgehead atoms. The Labute approximate surface area is 165 Å². The Balaban J connectivity index is 1.68. The number of amides is 1. The SMILES string of the molecule is Cc1nc2ccc(NC(=O)c3c(Cl)cccc3Cl)cn2c1Cn1ccnc1. The molecular formula is C19H15Cl2N5O. The maximum absolute atomic E-state index is 12.6. The minimum Gasteiger partial charge on any atom is -0.331 e. The van der Waals surface area contributed by atoms with E-state index in [1.54, 1.807) is 36.8 Å². The van der Waals surface area contributed by atoms with Gasteiger partial charge in [0.15, 0.2) is 0 Å². The smallest absolute Gasteiger partial charge is 0.258 e. The molecule has 4 rings (SSSR count). The predicted molar refractivity (Wildman–Crippen MR) is 106 cm³/mol. The average molecular weight is 400 g/mol. The van der Waals surface area contributed by atoms with Crippen molar-refractivity contribution < 1.29 is 4.79 Å². The summed E-state index contributed by atoms with van der Waals surface area (Å²) in [5.74, 6) is -0.363. The summed E-state index contributed by atoms with van der Waals surface area (Å²) in [7, 11) is 0. The van der Waals surface area contributed by atoms with Crippen LogP contribution in [0.15, 0.2) is 55.2 Å². The van der Waals surface area contributed by atoms with E-state index in [1.807, 2.05) is 34.4 Å². The maximum atomic E-state index is 12.6. The van der Waals surface area contributed by atoms with Crippen molar-refractivity contribution in [2.24, 2.45) is 0 Å². The Morgan fingerprint density at radius 1 is 1.19 bits per heavy atom. The summed E-state index contributed by atoms with van der Waals surface area (Å²) in [6.07, 6.45) is 7.22. The molecular weight excluding hydrogens is 385 g/mol. The summed E-state index contributed by atoms with van der Waals surface area (Å²) < 4.78 is 3.92. The van der Waals surface area contributed by atoms with Crippen molar-refractivity contribution in [3.63, 3.8) is 0 Å². The van der Waals surface area contributed by atoms with Crippen LogP contribution in [-0.2, 0) is 6.54 Å². The third-order valence-electron chi connectivity index (χ3n) is 4.26. The van der Waals surface area contributed by atoms with Crippen molar-refractivity contribution in [1.82, 2.24) is 18.9 Å². The molecule has 0 fully saturated rings. The van der Waals surface area contributed by atoms with E-state index in [1.165, 1.54) is 0 Å². The second-order valence-electron chi connectivity index (χ2n) is 6.08. The number of anilines is 1. The van der Waals surface area contributed by atoms with Gasteiger partial charge in [0.05, 0.1) is 45.6 Å². The van der Waals surface area contributed by atoms with Gasteiger partial charge in [-0.05, 0) is 31.2 Å². The first-order valence-electron chi connectivity index (χ1n) is 8.21. The molecule has 1 N–H and O–H groups in total. The monoisotopic (exact) mass is 399 g/mol. The molecule has 136 valence electrons. The fourth-order valence-electron chi connectivity index (χ4n) is 2.94. The molecule has 0 aliphatic rings. The standard InChI is InChI=1S/C19H15Cl2N5O/c1-12-16(10-25-8-7-22-11-25)26-9-13(5-6-17(26)23-12)24-19(27)18-14(20)3-2-4-15(18)21/h2-9,11H,10H2,1H3,(H,24,27). The van der Waals surface area contributed by atoms with Crippen LogP contribution in [0.5, 0.6) is 0 Å². The van der Waals surface area contributed by atoms with Gasteiger partial charge in [-0.3, -0.25) is 9.20 Å². The number of carbonyl (C=O) groups excluding carboxylic acids is 1. The van der Waals surface area contributed by atoms with Crippen LogP contribution in [0.1, 0.15) is 21.7 Å². The van der Waals surface area contributed by atoms with Gasteiger partial charge in [0, 0.05) is 18.6 Å². The summed E-state index contributed by atoms with van der Waals surface area (Å²) in [5, 5.41) is 3.46. The molecule has 1 amide bonds. The fraction of sp³-hybridized carbons (Fsp3) is 0.105. The molecule has 0 aliphatic heterocycles. The highest BCUT2D eigenvalue weighted by atomic mass is 35.5. The summed E-state index contributed by atoms with van der Waals surface area (Å²) >= 11 is 12.2. The molecule has 6 nitrogen and oxygen atoms in total. The Hall–Kier alpha value is -2.83. The van der Waals surface area contributed by atoms with E-state index in [2.05, 4.69) is 15.3 Å². The number of hydrogen-bond acceptors (Lipinski definition) is 3. The Bertz CT molecular complexity index is 1110. The van der Waals surface area contributed by atoms with Crippen molar-refractivity contribution in [2.75, 3.05) is 5.32 Å². The molecule has 0 saturated heterocycles. The summed E-state index contributed by atoms with van der Waals surface area (Å²) in [4.78, 5) is 21.3. The van der Waals surface area contributed by atoms with Crippen molar-refractivity contribution in [2.45, 2.75) is 13.5 Å².